The van der Waals surface area contributed by atoms with Gasteiger partial charge in [-0.2, -0.15) is 0 Å². The second kappa shape index (κ2) is 5.17. The largest absolute Gasteiger partial charge is 0.544 e. The van der Waals surface area contributed by atoms with Crippen LogP contribution in [0.3, 0.4) is 0 Å². The Kier molecular flexibility index (Phi) is 4.44. The van der Waals surface area contributed by atoms with Crippen LogP contribution in [-0.4, -0.2) is 14.6 Å². The van der Waals surface area contributed by atoms with E-state index in [9.17, 15) is 4.79 Å². The van der Waals surface area contributed by atoms with E-state index in [4.69, 9.17) is 4.43 Å². The third kappa shape index (κ3) is 3.95. The van der Waals surface area contributed by atoms with Crippen LogP contribution < -0.4 is 4.43 Å². The second-order valence-corrected chi connectivity index (χ2v) is 11.8. The summed E-state index contributed by atoms with van der Waals surface area (Å²) in [7, 11) is -1.75. The molecular formula is C14H21BrO2Si. The highest BCUT2D eigenvalue weighted by Gasteiger charge is 2.26. The number of halogens is 1. The quantitative estimate of drug-likeness (QED) is 0.590. The van der Waals surface area contributed by atoms with E-state index in [0.29, 0.717) is 5.56 Å². The standard InChI is InChI=1S/C14H21BrO2Si/c1-14(2,3)12-8-11(15)7-10(9-16)13(12)17-18(4,5)6/h7-9H,1-6H3. The molecule has 1 aromatic carbocycles. The van der Waals surface area contributed by atoms with Gasteiger partial charge in [0.25, 0.3) is 0 Å². The molecule has 2 nitrogen and oxygen atoms in total. The van der Waals surface area contributed by atoms with Crippen molar-refractivity contribution >= 4 is 30.5 Å². The maximum absolute atomic E-state index is 11.3. The minimum Gasteiger partial charge on any atom is -0.544 e. The van der Waals surface area contributed by atoms with Crippen molar-refractivity contribution in [1.29, 1.82) is 0 Å². The Hall–Kier alpha value is -0.613. The summed E-state index contributed by atoms with van der Waals surface area (Å²) in [6, 6.07) is 3.86. The lowest BCUT2D eigenvalue weighted by molar-refractivity contribution is 0.112. The summed E-state index contributed by atoms with van der Waals surface area (Å²) in [5, 5.41) is 0. The van der Waals surface area contributed by atoms with Gasteiger partial charge in [0, 0.05) is 4.47 Å². The molecule has 0 spiro atoms. The number of carbonyl (C=O) groups is 1. The van der Waals surface area contributed by atoms with Gasteiger partial charge in [-0.3, -0.25) is 4.79 Å². The van der Waals surface area contributed by atoms with Crippen molar-refractivity contribution in [3.63, 3.8) is 0 Å². The third-order valence-corrected chi connectivity index (χ3v) is 3.70. The predicted molar refractivity (Wildman–Crippen MR) is 82.2 cm³/mol. The Labute approximate surface area is 119 Å². The van der Waals surface area contributed by atoms with Crippen LogP contribution >= 0.6 is 15.9 Å². The molecule has 4 heteroatoms. The molecule has 0 unspecified atom stereocenters. The van der Waals surface area contributed by atoms with Gasteiger partial charge in [0.15, 0.2) is 6.29 Å². The van der Waals surface area contributed by atoms with Crippen LogP contribution in [-0.2, 0) is 5.41 Å². The first-order chi connectivity index (χ1) is 8.04. The average Bonchev–Trinajstić information content (AvgIpc) is 2.16. The molecule has 0 bridgehead atoms. The van der Waals surface area contributed by atoms with Crippen molar-refractivity contribution in [2.75, 3.05) is 0 Å². The zero-order chi connectivity index (χ0) is 14.1. The summed E-state index contributed by atoms with van der Waals surface area (Å²) < 4.78 is 7.04. The Morgan fingerprint density at radius 3 is 2.17 bits per heavy atom. The third-order valence-electron chi connectivity index (χ3n) is 2.43. The fourth-order valence-electron chi connectivity index (χ4n) is 1.68. The van der Waals surface area contributed by atoms with Gasteiger partial charge in [-0.05, 0) is 42.8 Å². The zero-order valence-electron chi connectivity index (χ0n) is 11.9. The van der Waals surface area contributed by atoms with Gasteiger partial charge in [0.05, 0.1) is 5.56 Å². The average molecular weight is 329 g/mol. The van der Waals surface area contributed by atoms with E-state index < -0.39 is 8.32 Å². The molecule has 0 N–H and O–H groups in total. The lowest BCUT2D eigenvalue weighted by atomic mass is 9.85. The summed E-state index contributed by atoms with van der Waals surface area (Å²) in [5.74, 6) is 0.750. The molecule has 0 aliphatic carbocycles. The molecule has 0 aliphatic heterocycles. The van der Waals surface area contributed by atoms with Gasteiger partial charge in [-0.1, -0.05) is 36.7 Å². The molecule has 0 amide bonds. The monoisotopic (exact) mass is 328 g/mol. The SMILES string of the molecule is CC(C)(C)c1cc(Br)cc(C=O)c1O[Si](C)(C)C. The number of rotatable bonds is 3. The zero-order valence-corrected chi connectivity index (χ0v) is 14.5. The molecule has 0 aliphatic rings. The first kappa shape index (κ1) is 15.4. The molecule has 18 heavy (non-hydrogen) atoms. The van der Waals surface area contributed by atoms with E-state index in [1.165, 1.54) is 0 Å². The van der Waals surface area contributed by atoms with E-state index in [1.807, 2.05) is 12.1 Å². The smallest absolute Gasteiger partial charge is 0.242 e. The molecule has 0 saturated heterocycles. The number of benzene rings is 1. The maximum atomic E-state index is 11.3. The van der Waals surface area contributed by atoms with Crippen molar-refractivity contribution in [1.82, 2.24) is 0 Å². The molecule has 100 valence electrons. The van der Waals surface area contributed by atoms with Crippen LogP contribution in [0.15, 0.2) is 16.6 Å². The van der Waals surface area contributed by atoms with Crippen LogP contribution in [0.4, 0.5) is 0 Å². The predicted octanol–water partition coefficient (Wildman–Crippen LogP) is 4.77. The van der Waals surface area contributed by atoms with E-state index in [0.717, 1.165) is 22.1 Å². The van der Waals surface area contributed by atoms with Crippen LogP contribution in [0.5, 0.6) is 5.75 Å². The summed E-state index contributed by atoms with van der Waals surface area (Å²) in [6.45, 7) is 12.7. The normalized spacial score (nSPS) is 12.4. The minimum absolute atomic E-state index is 0.0590. The van der Waals surface area contributed by atoms with Gasteiger partial charge >= 0.3 is 0 Å². The first-order valence-electron chi connectivity index (χ1n) is 6.03. The van der Waals surface area contributed by atoms with Gasteiger partial charge in [-0.25, -0.2) is 0 Å². The van der Waals surface area contributed by atoms with Crippen molar-refractivity contribution in [3.8, 4) is 5.75 Å². The summed E-state index contributed by atoms with van der Waals surface area (Å²) >= 11 is 3.46. The Balaban J connectivity index is 3.48. The molecule has 0 fully saturated rings. The topological polar surface area (TPSA) is 26.3 Å². The Morgan fingerprint density at radius 2 is 1.78 bits per heavy atom. The van der Waals surface area contributed by atoms with Gasteiger partial charge < -0.3 is 4.43 Å². The molecule has 0 atom stereocenters. The molecule has 0 saturated carbocycles. The van der Waals surface area contributed by atoms with Crippen molar-refractivity contribution in [2.45, 2.75) is 45.8 Å². The Bertz CT molecular complexity index is 456. The van der Waals surface area contributed by atoms with E-state index in [1.54, 1.807) is 0 Å². The molecule has 0 radical (unpaired) electrons. The Morgan fingerprint density at radius 1 is 1.22 bits per heavy atom. The van der Waals surface area contributed by atoms with E-state index in [-0.39, 0.29) is 5.41 Å². The number of hydrogen-bond donors (Lipinski definition) is 0. The molecule has 1 rings (SSSR count). The highest BCUT2D eigenvalue weighted by Crippen LogP contribution is 2.37. The highest BCUT2D eigenvalue weighted by molar-refractivity contribution is 9.10. The maximum Gasteiger partial charge on any atom is 0.242 e. The number of hydrogen-bond acceptors (Lipinski definition) is 2. The summed E-state index contributed by atoms with van der Waals surface area (Å²) in [5.41, 5.74) is 1.63. The lowest BCUT2D eigenvalue weighted by Crippen LogP contribution is -2.31. The highest BCUT2D eigenvalue weighted by atomic mass is 79.9. The van der Waals surface area contributed by atoms with Crippen molar-refractivity contribution in [2.24, 2.45) is 0 Å². The van der Waals surface area contributed by atoms with Crippen LogP contribution in [0.2, 0.25) is 19.6 Å². The van der Waals surface area contributed by atoms with Crippen LogP contribution in [0, 0.1) is 0 Å². The lowest BCUT2D eigenvalue weighted by Gasteiger charge is -2.28. The molecule has 0 aromatic heterocycles. The molecular weight excluding hydrogens is 308 g/mol. The van der Waals surface area contributed by atoms with Gasteiger partial charge in [-0.15, -0.1) is 0 Å². The second-order valence-electron chi connectivity index (χ2n) is 6.45. The van der Waals surface area contributed by atoms with Gasteiger partial charge in [0.2, 0.25) is 8.32 Å². The number of carbonyl (C=O) groups excluding carboxylic acids is 1. The summed E-state index contributed by atoms with van der Waals surface area (Å²) in [6.07, 6.45) is 0.871. The van der Waals surface area contributed by atoms with Gasteiger partial charge in [0.1, 0.15) is 5.75 Å². The first-order valence-corrected chi connectivity index (χ1v) is 10.2. The molecule has 0 heterocycles. The fourth-order valence-corrected chi connectivity index (χ4v) is 3.00. The number of aldehydes is 1. The van der Waals surface area contributed by atoms with E-state index in [2.05, 4.69) is 56.3 Å². The summed E-state index contributed by atoms with van der Waals surface area (Å²) in [4.78, 5) is 11.3. The minimum atomic E-state index is -1.75. The van der Waals surface area contributed by atoms with Crippen LogP contribution in [0.1, 0.15) is 36.7 Å². The van der Waals surface area contributed by atoms with Crippen molar-refractivity contribution < 1.29 is 9.22 Å². The van der Waals surface area contributed by atoms with E-state index >= 15 is 0 Å². The fraction of sp³-hybridized carbons (Fsp3) is 0.500. The molecule has 1 aromatic rings. The van der Waals surface area contributed by atoms with Crippen LogP contribution in [0.25, 0.3) is 0 Å². The van der Waals surface area contributed by atoms with Crippen molar-refractivity contribution in [3.05, 3.63) is 27.7 Å².